The maximum Gasteiger partial charge on any atom is 0.192 e. The van der Waals surface area contributed by atoms with Crippen LogP contribution in [0.2, 0.25) is 0 Å². The van der Waals surface area contributed by atoms with Gasteiger partial charge in [0.1, 0.15) is 5.52 Å². The minimum atomic E-state index is 0.729. The summed E-state index contributed by atoms with van der Waals surface area (Å²) in [6, 6.07) is 6.24. The maximum atomic E-state index is 5.59. The van der Waals surface area contributed by atoms with E-state index in [1.807, 2.05) is 13.0 Å². The van der Waals surface area contributed by atoms with Gasteiger partial charge in [-0.2, -0.15) is 0 Å². The third-order valence-electron chi connectivity index (χ3n) is 3.95. The van der Waals surface area contributed by atoms with Crippen LogP contribution in [0.25, 0.3) is 11.1 Å². The molecule has 1 N–H and O–H groups in total. The van der Waals surface area contributed by atoms with Crippen molar-refractivity contribution in [1.29, 1.82) is 0 Å². The van der Waals surface area contributed by atoms with Gasteiger partial charge in [-0.25, -0.2) is 4.98 Å². The van der Waals surface area contributed by atoms with E-state index in [9.17, 15) is 0 Å². The Labute approximate surface area is 113 Å². The van der Waals surface area contributed by atoms with Crippen LogP contribution >= 0.6 is 0 Å². The van der Waals surface area contributed by atoms with E-state index in [2.05, 4.69) is 34.4 Å². The molecule has 2 heterocycles. The molecule has 1 atom stereocenters. The first-order chi connectivity index (χ1) is 9.22. The molecule has 1 aliphatic rings. The average molecular weight is 259 g/mol. The van der Waals surface area contributed by atoms with Gasteiger partial charge in [-0.3, -0.25) is 0 Å². The Bertz CT molecular complexity index is 558. The zero-order valence-electron chi connectivity index (χ0n) is 11.6. The van der Waals surface area contributed by atoms with Gasteiger partial charge in [0.2, 0.25) is 0 Å². The molecule has 0 amide bonds. The van der Waals surface area contributed by atoms with E-state index < -0.39 is 0 Å². The molecule has 1 fully saturated rings. The summed E-state index contributed by atoms with van der Waals surface area (Å²) in [5, 5.41) is 3.42. The molecule has 1 saturated heterocycles. The molecule has 0 saturated carbocycles. The Morgan fingerprint density at radius 3 is 3.16 bits per heavy atom. The molecular formula is C15H21N3O. The number of hydrogen-bond donors (Lipinski definition) is 1. The summed E-state index contributed by atoms with van der Waals surface area (Å²) in [4.78, 5) is 6.63. The number of anilines is 1. The van der Waals surface area contributed by atoms with Crippen molar-refractivity contribution >= 4 is 16.8 Å². The summed E-state index contributed by atoms with van der Waals surface area (Å²) < 4.78 is 5.59. The molecule has 3 rings (SSSR count). The SMILES string of the molecule is Cc1nc2ccc(N(C)CCC3CCNC3)cc2o1. The van der Waals surface area contributed by atoms with Crippen LogP contribution in [0.3, 0.4) is 0 Å². The van der Waals surface area contributed by atoms with Crippen LogP contribution in [0.4, 0.5) is 5.69 Å². The standard InChI is InChI=1S/C15H21N3O/c1-11-17-14-4-3-13(9-15(14)19-11)18(2)8-6-12-5-7-16-10-12/h3-4,9,12,16H,5-8,10H2,1-2H3. The normalized spacial score (nSPS) is 19.2. The lowest BCUT2D eigenvalue weighted by Crippen LogP contribution is -2.21. The van der Waals surface area contributed by atoms with E-state index in [1.165, 1.54) is 31.6 Å². The van der Waals surface area contributed by atoms with Gasteiger partial charge in [0.05, 0.1) is 0 Å². The molecule has 4 heteroatoms. The summed E-state index contributed by atoms with van der Waals surface area (Å²) >= 11 is 0. The van der Waals surface area contributed by atoms with E-state index in [4.69, 9.17) is 4.42 Å². The number of fused-ring (bicyclic) bond motifs is 1. The summed E-state index contributed by atoms with van der Waals surface area (Å²) in [5.74, 6) is 1.56. The highest BCUT2D eigenvalue weighted by molar-refractivity contribution is 5.77. The van der Waals surface area contributed by atoms with Crippen molar-refractivity contribution in [3.05, 3.63) is 24.1 Å². The predicted molar refractivity (Wildman–Crippen MR) is 77.6 cm³/mol. The number of nitrogens with zero attached hydrogens (tertiary/aromatic N) is 2. The molecule has 102 valence electrons. The monoisotopic (exact) mass is 259 g/mol. The number of oxazole rings is 1. The lowest BCUT2D eigenvalue weighted by Gasteiger charge is -2.20. The average Bonchev–Trinajstić information content (AvgIpc) is 3.02. The second kappa shape index (κ2) is 5.21. The van der Waals surface area contributed by atoms with Crippen LogP contribution < -0.4 is 10.2 Å². The van der Waals surface area contributed by atoms with Crippen LogP contribution in [0.1, 0.15) is 18.7 Å². The molecule has 4 nitrogen and oxygen atoms in total. The Morgan fingerprint density at radius 1 is 1.47 bits per heavy atom. The maximum absolute atomic E-state index is 5.59. The fourth-order valence-electron chi connectivity index (χ4n) is 2.73. The smallest absolute Gasteiger partial charge is 0.192 e. The van der Waals surface area contributed by atoms with E-state index in [-0.39, 0.29) is 0 Å². The lowest BCUT2D eigenvalue weighted by molar-refractivity contribution is 0.533. The molecule has 0 spiro atoms. The minimum Gasteiger partial charge on any atom is -0.441 e. The highest BCUT2D eigenvalue weighted by Crippen LogP contribution is 2.23. The largest absolute Gasteiger partial charge is 0.441 e. The molecular weight excluding hydrogens is 238 g/mol. The fourth-order valence-corrected chi connectivity index (χ4v) is 2.73. The van der Waals surface area contributed by atoms with Crippen LogP contribution in [0, 0.1) is 12.8 Å². The first-order valence-corrected chi connectivity index (χ1v) is 7.01. The van der Waals surface area contributed by atoms with Gasteiger partial charge in [0, 0.05) is 32.3 Å². The van der Waals surface area contributed by atoms with Gasteiger partial charge in [-0.15, -0.1) is 0 Å². The van der Waals surface area contributed by atoms with Crippen molar-refractivity contribution in [2.45, 2.75) is 19.8 Å². The molecule has 19 heavy (non-hydrogen) atoms. The predicted octanol–water partition coefficient (Wildman–Crippen LogP) is 2.57. The van der Waals surface area contributed by atoms with E-state index in [0.717, 1.165) is 29.5 Å². The lowest BCUT2D eigenvalue weighted by atomic mass is 10.0. The third-order valence-corrected chi connectivity index (χ3v) is 3.95. The van der Waals surface area contributed by atoms with Crippen LogP contribution in [0.15, 0.2) is 22.6 Å². The van der Waals surface area contributed by atoms with Gasteiger partial charge in [-0.05, 0) is 44.0 Å². The van der Waals surface area contributed by atoms with Crippen molar-refractivity contribution in [2.24, 2.45) is 5.92 Å². The molecule has 1 aromatic heterocycles. The molecule has 0 bridgehead atoms. The van der Waals surface area contributed by atoms with Crippen molar-refractivity contribution in [3.8, 4) is 0 Å². The van der Waals surface area contributed by atoms with E-state index in [0.29, 0.717) is 0 Å². The molecule has 1 aromatic carbocycles. The zero-order valence-corrected chi connectivity index (χ0v) is 11.6. The molecule has 1 unspecified atom stereocenters. The van der Waals surface area contributed by atoms with Crippen molar-refractivity contribution < 1.29 is 4.42 Å². The minimum absolute atomic E-state index is 0.729. The van der Waals surface area contributed by atoms with E-state index in [1.54, 1.807) is 0 Å². The Hall–Kier alpha value is -1.55. The van der Waals surface area contributed by atoms with Crippen molar-refractivity contribution in [1.82, 2.24) is 10.3 Å². The Morgan fingerprint density at radius 2 is 2.37 bits per heavy atom. The number of aryl methyl sites for hydroxylation is 1. The number of nitrogens with one attached hydrogen (secondary N) is 1. The fraction of sp³-hybridized carbons (Fsp3) is 0.533. The zero-order chi connectivity index (χ0) is 13.2. The van der Waals surface area contributed by atoms with Crippen LogP contribution in [-0.2, 0) is 0 Å². The Kier molecular flexibility index (Phi) is 3.42. The third kappa shape index (κ3) is 2.73. The highest BCUT2D eigenvalue weighted by Gasteiger charge is 2.15. The first-order valence-electron chi connectivity index (χ1n) is 7.01. The number of benzene rings is 1. The van der Waals surface area contributed by atoms with Gasteiger partial charge in [0.15, 0.2) is 11.5 Å². The Balaban J connectivity index is 1.67. The summed E-state index contributed by atoms with van der Waals surface area (Å²) in [6.45, 7) is 5.33. The number of hydrogen-bond acceptors (Lipinski definition) is 4. The summed E-state index contributed by atoms with van der Waals surface area (Å²) in [7, 11) is 2.15. The highest BCUT2D eigenvalue weighted by atomic mass is 16.3. The van der Waals surface area contributed by atoms with Crippen LogP contribution in [0.5, 0.6) is 0 Å². The van der Waals surface area contributed by atoms with Gasteiger partial charge >= 0.3 is 0 Å². The topological polar surface area (TPSA) is 41.3 Å². The molecule has 1 aliphatic heterocycles. The van der Waals surface area contributed by atoms with Crippen LogP contribution in [-0.4, -0.2) is 31.7 Å². The second-order valence-electron chi connectivity index (χ2n) is 5.45. The first kappa shape index (κ1) is 12.5. The van der Waals surface area contributed by atoms with Crippen molar-refractivity contribution in [2.75, 3.05) is 31.6 Å². The quantitative estimate of drug-likeness (QED) is 0.916. The second-order valence-corrected chi connectivity index (χ2v) is 5.45. The number of aromatic nitrogens is 1. The van der Waals surface area contributed by atoms with Gasteiger partial charge < -0.3 is 14.6 Å². The number of rotatable bonds is 4. The molecule has 0 radical (unpaired) electrons. The van der Waals surface area contributed by atoms with Crippen molar-refractivity contribution in [3.63, 3.8) is 0 Å². The summed E-state index contributed by atoms with van der Waals surface area (Å²) in [5.41, 5.74) is 3.02. The van der Waals surface area contributed by atoms with E-state index >= 15 is 0 Å². The summed E-state index contributed by atoms with van der Waals surface area (Å²) in [6.07, 6.45) is 2.56. The molecule has 2 aromatic rings. The van der Waals surface area contributed by atoms with Gasteiger partial charge in [-0.1, -0.05) is 0 Å². The van der Waals surface area contributed by atoms with Gasteiger partial charge in [0.25, 0.3) is 0 Å². The molecule has 0 aliphatic carbocycles.